The summed E-state index contributed by atoms with van der Waals surface area (Å²) >= 11 is 0. The summed E-state index contributed by atoms with van der Waals surface area (Å²) in [4.78, 5) is 33.7. The van der Waals surface area contributed by atoms with E-state index in [1.165, 1.54) is 24.3 Å². The molecule has 5 heterocycles. The number of piperidine rings is 1. The number of carbonyl (C=O) groups excluding carboxylic acids is 2. The Morgan fingerprint density at radius 3 is 2.55 bits per heavy atom. The molecule has 3 aromatic heterocycles. The number of Topliss-reactive ketones (excluding diaryl/α,β-unsaturated/α-hetero) is 2. The number of carbonyl (C=O) groups is 2. The van der Waals surface area contributed by atoms with Crippen molar-refractivity contribution >= 4 is 23.0 Å². The minimum absolute atomic E-state index is 0.00251. The van der Waals surface area contributed by atoms with Crippen molar-refractivity contribution in [1.29, 1.82) is 0 Å². The van der Waals surface area contributed by atoms with Crippen molar-refractivity contribution in [3.05, 3.63) is 41.5 Å². The maximum atomic E-state index is 12.5. The molecule has 2 aliphatic rings. The normalized spacial score (nSPS) is 22.7. The first-order valence-electron chi connectivity index (χ1n) is 10.9. The summed E-state index contributed by atoms with van der Waals surface area (Å²) in [5, 5.41) is 8.05. The van der Waals surface area contributed by atoms with E-state index in [9.17, 15) is 9.59 Å². The molecule has 8 heteroatoms. The van der Waals surface area contributed by atoms with E-state index in [4.69, 9.17) is 10.7 Å². The number of nitrogens with one attached hydrogen (secondary N) is 1. The van der Waals surface area contributed by atoms with E-state index in [-0.39, 0.29) is 17.5 Å². The number of rotatable bonds is 5. The Balaban J connectivity index is 1.63. The van der Waals surface area contributed by atoms with Crippen LogP contribution >= 0.6 is 0 Å². The Bertz CT molecular complexity index is 1170. The van der Waals surface area contributed by atoms with Gasteiger partial charge < -0.3 is 11.1 Å². The highest BCUT2D eigenvalue weighted by atomic mass is 16.1. The molecule has 8 nitrogen and oxygen atoms in total. The lowest BCUT2D eigenvalue weighted by Gasteiger charge is -2.30. The van der Waals surface area contributed by atoms with Gasteiger partial charge in [-0.25, -0.2) is 4.98 Å². The fourth-order valence-corrected chi connectivity index (χ4v) is 5.07. The minimum atomic E-state index is -0.0890. The molecular weight excluding hydrogens is 392 g/mol. The number of pyridine rings is 1. The zero-order valence-corrected chi connectivity index (χ0v) is 17.8. The second kappa shape index (κ2) is 7.53. The molecule has 0 spiro atoms. The molecule has 2 fully saturated rings. The van der Waals surface area contributed by atoms with Crippen molar-refractivity contribution in [2.24, 2.45) is 0 Å². The van der Waals surface area contributed by atoms with Gasteiger partial charge in [-0.05, 0) is 38.7 Å². The van der Waals surface area contributed by atoms with Crippen LogP contribution in [0, 0.1) is 0 Å². The number of hydrogen-bond donors (Lipinski definition) is 2. The SMILES string of the molecule is CCC(=O)c1ccc(-c2cnn3c(N)c(C(C)=O)c([C@@H]4C[C@H]5CC[C@@H](C4)N5)nc23)cn1. The van der Waals surface area contributed by atoms with Crippen molar-refractivity contribution < 1.29 is 9.59 Å². The second-order valence-electron chi connectivity index (χ2n) is 8.62. The van der Waals surface area contributed by atoms with Gasteiger partial charge in [0.05, 0.1) is 17.5 Å². The van der Waals surface area contributed by atoms with Crippen molar-refractivity contribution in [3.8, 4) is 11.1 Å². The van der Waals surface area contributed by atoms with Crippen molar-refractivity contribution in [2.75, 3.05) is 5.73 Å². The van der Waals surface area contributed by atoms with Crippen LogP contribution in [-0.2, 0) is 0 Å². The highest BCUT2D eigenvalue weighted by molar-refractivity contribution is 6.00. The molecule has 0 amide bonds. The van der Waals surface area contributed by atoms with Crippen molar-refractivity contribution in [2.45, 2.75) is 64.0 Å². The lowest BCUT2D eigenvalue weighted by molar-refractivity contribution is 0.0981. The highest BCUT2D eigenvalue weighted by Crippen LogP contribution is 2.39. The maximum absolute atomic E-state index is 12.5. The average molecular weight is 419 g/mol. The monoisotopic (exact) mass is 418 g/mol. The Kier molecular flexibility index (Phi) is 4.81. The third-order valence-corrected chi connectivity index (χ3v) is 6.60. The van der Waals surface area contributed by atoms with Crippen LogP contribution in [0.15, 0.2) is 24.5 Å². The molecule has 0 saturated carbocycles. The van der Waals surface area contributed by atoms with Crippen LogP contribution in [0.2, 0.25) is 0 Å². The molecule has 160 valence electrons. The van der Waals surface area contributed by atoms with Gasteiger partial charge in [0.1, 0.15) is 11.5 Å². The van der Waals surface area contributed by atoms with E-state index in [1.807, 2.05) is 13.0 Å². The van der Waals surface area contributed by atoms with Crippen LogP contribution in [0.4, 0.5) is 5.82 Å². The number of nitrogens with two attached hydrogens (primary N) is 1. The summed E-state index contributed by atoms with van der Waals surface area (Å²) in [6, 6.07) is 4.53. The zero-order valence-electron chi connectivity index (χ0n) is 17.8. The van der Waals surface area contributed by atoms with E-state index >= 15 is 0 Å². The summed E-state index contributed by atoms with van der Waals surface area (Å²) in [6.07, 6.45) is 8.02. The average Bonchev–Trinajstić information content (AvgIpc) is 3.35. The third kappa shape index (κ3) is 3.31. The smallest absolute Gasteiger partial charge is 0.180 e. The van der Waals surface area contributed by atoms with Crippen LogP contribution in [0.5, 0.6) is 0 Å². The molecule has 2 bridgehead atoms. The van der Waals surface area contributed by atoms with Gasteiger partial charge in [0.15, 0.2) is 17.2 Å². The Morgan fingerprint density at radius 1 is 1.19 bits per heavy atom. The first kappa shape index (κ1) is 19.8. The molecule has 0 aliphatic carbocycles. The molecule has 5 rings (SSSR count). The van der Waals surface area contributed by atoms with E-state index in [0.717, 1.165) is 29.7 Å². The number of fused-ring (bicyclic) bond motifs is 3. The number of hydrogen-bond acceptors (Lipinski definition) is 7. The van der Waals surface area contributed by atoms with Gasteiger partial charge in [0.2, 0.25) is 0 Å². The number of anilines is 1. The second-order valence-corrected chi connectivity index (χ2v) is 8.62. The van der Waals surface area contributed by atoms with Gasteiger partial charge in [0.25, 0.3) is 0 Å². The molecule has 3 aromatic rings. The number of ketones is 2. The Morgan fingerprint density at radius 2 is 1.94 bits per heavy atom. The van der Waals surface area contributed by atoms with Crippen molar-refractivity contribution in [1.82, 2.24) is 24.9 Å². The van der Waals surface area contributed by atoms with Gasteiger partial charge in [-0.15, -0.1) is 0 Å². The molecule has 31 heavy (non-hydrogen) atoms. The van der Waals surface area contributed by atoms with Crippen molar-refractivity contribution in [3.63, 3.8) is 0 Å². The number of nitrogens with zero attached hydrogens (tertiary/aromatic N) is 4. The summed E-state index contributed by atoms with van der Waals surface area (Å²) in [6.45, 7) is 3.35. The first-order valence-corrected chi connectivity index (χ1v) is 10.9. The molecule has 3 N–H and O–H groups in total. The summed E-state index contributed by atoms with van der Waals surface area (Å²) < 4.78 is 1.54. The maximum Gasteiger partial charge on any atom is 0.180 e. The molecule has 0 radical (unpaired) electrons. The highest BCUT2D eigenvalue weighted by Gasteiger charge is 2.37. The van der Waals surface area contributed by atoms with Crippen LogP contribution in [0.25, 0.3) is 16.8 Å². The van der Waals surface area contributed by atoms with E-state index in [0.29, 0.717) is 41.2 Å². The quantitative estimate of drug-likeness (QED) is 0.612. The molecule has 0 unspecified atom stereocenters. The predicted molar refractivity (Wildman–Crippen MR) is 117 cm³/mol. The topological polar surface area (TPSA) is 115 Å². The lowest BCUT2D eigenvalue weighted by atomic mass is 9.86. The fraction of sp³-hybridized carbons (Fsp3) is 0.435. The Hall–Kier alpha value is -3.13. The fourth-order valence-electron chi connectivity index (χ4n) is 5.07. The van der Waals surface area contributed by atoms with E-state index in [2.05, 4.69) is 15.4 Å². The summed E-state index contributed by atoms with van der Waals surface area (Å²) in [5.41, 5.74) is 10.4. The van der Waals surface area contributed by atoms with Crippen LogP contribution in [0.3, 0.4) is 0 Å². The first-order chi connectivity index (χ1) is 15.0. The molecule has 2 aliphatic heterocycles. The summed E-state index contributed by atoms with van der Waals surface area (Å²) in [7, 11) is 0. The van der Waals surface area contributed by atoms with Gasteiger partial charge in [0, 0.05) is 41.7 Å². The van der Waals surface area contributed by atoms with Gasteiger partial charge in [-0.3, -0.25) is 14.6 Å². The molecular formula is C23H26N6O2. The van der Waals surface area contributed by atoms with E-state index < -0.39 is 0 Å². The minimum Gasteiger partial charge on any atom is -0.383 e. The van der Waals surface area contributed by atoms with Gasteiger partial charge in [-0.1, -0.05) is 13.0 Å². The van der Waals surface area contributed by atoms with Crippen LogP contribution in [-0.4, -0.2) is 43.2 Å². The standard InChI is InChI=1S/C23H26N6O2/c1-3-19(31)18-7-4-13(10-25-18)17-11-26-29-22(24)20(12(2)30)21(28-23(17)29)14-8-15-5-6-16(9-14)27-15/h4,7,10-11,14-16,27H,3,5-6,8-9,24H2,1-2H3/t14-,15-,16+. The number of nitrogen functional groups attached to an aromatic ring is 1. The van der Waals surface area contributed by atoms with Crippen LogP contribution < -0.4 is 11.1 Å². The molecule has 2 saturated heterocycles. The summed E-state index contributed by atoms with van der Waals surface area (Å²) in [5.74, 6) is 0.433. The lowest BCUT2D eigenvalue weighted by Crippen LogP contribution is -2.38. The van der Waals surface area contributed by atoms with Crippen LogP contribution in [0.1, 0.15) is 78.4 Å². The number of aromatic nitrogens is 4. The van der Waals surface area contributed by atoms with Gasteiger partial charge in [-0.2, -0.15) is 9.61 Å². The third-order valence-electron chi connectivity index (χ3n) is 6.60. The Labute approximate surface area is 180 Å². The van der Waals surface area contributed by atoms with Gasteiger partial charge >= 0.3 is 0 Å². The molecule has 0 aromatic carbocycles. The largest absolute Gasteiger partial charge is 0.383 e. The van der Waals surface area contributed by atoms with E-state index in [1.54, 1.807) is 18.5 Å². The predicted octanol–water partition coefficient (Wildman–Crippen LogP) is 3.17. The molecule has 3 atom stereocenters. The zero-order chi connectivity index (χ0) is 21.7.